The normalized spacial score (nSPS) is 26.6. The molecule has 0 atom stereocenters. The number of carbonyl (C=O) groups excluding carboxylic acids is 2. The van der Waals surface area contributed by atoms with E-state index in [9.17, 15) is 14.7 Å². The minimum absolute atomic E-state index is 0.133. The molecule has 17 heavy (non-hydrogen) atoms. The third-order valence-electron chi connectivity index (χ3n) is 3.89. The molecule has 1 fully saturated rings. The Labute approximate surface area is 101 Å². The van der Waals surface area contributed by atoms with E-state index in [0.717, 1.165) is 17.7 Å². The van der Waals surface area contributed by atoms with Crippen molar-refractivity contribution in [3.63, 3.8) is 0 Å². The molecular weight excluding hydrogens is 218 g/mol. The molecule has 0 radical (unpaired) electrons. The Morgan fingerprint density at radius 1 is 1.12 bits per heavy atom. The molecule has 0 aromatic heterocycles. The zero-order valence-corrected chi connectivity index (χ0v) is 10.4. The third-order valence-corrected chi connectivity index (χ3v) is 3.89. The van der Waals surface area contributed by atoms with Crippen LogP contribution in [-0.4, -0.2) is 34.0 Å². The van der Waals surface area contributed by atoms with E-state index in [1.165, 1.54) is 12.2 Å². The Hall–Kier alpha value is -1.16. The van der Waals surface area contributed by atoms with E-state index in [2.05, 4.69) is 13.8 Å². The number of hydrogen-bond acceptors (Lipinski definition) is 3. The molecule has 4 heteroatoms. The molecule has 2 aliphatic rings. The number of imide groups is 1. The van der Waals surface area contributed by atoms with Crippen molar-refractivity contribution in [1.82, 2.24) is 4.90 Å². The largest absolute Gasteiger partial charge is 0.388 e. The minimum Gasteiger partial charge on any atom is -0.388 e. The Balaban J connectivity index is 2.00. The van der Waals surface area contributed by atoms with E-state index in [1.54, 1.807) is 0 Å². The van der Waals surface area contributed by atoms with Gasteiger partial charge in [-0.3, -0.25) is 14.5 Å². The predicted molar refractivity (Wildman–Crippen MR) is 63.1 cm³/mol. The van der Waals surface area contributed by atoms with Gasteiger partial charge in [0.1, 0.15) is 0 Å². The molecule has 0 saturated heterocycles. The summed E-state index contributed by atoms with van der Waals surface area (Å²) in [4.78, 5) is 24.0. The fourth-order valence-corrected chi connectivity index (χ4v) is 2.43. The van der Waals surface area contributed by atoms with Gasteiger partial charge in [-0.15, -0.1) is 0 Å². The summed E-state index contributed by atoms with van der Waals surface area (Å²) in [7, 11) is 0. The van der Waals surface area contributed by atoms with Crippen LogP contribution in [0.25, 0.3) is 0 Å². The van der Waals surface area contributed by atoms with Crippen molar-refractivity contribution in [3.05, 3.63) is 12.2 Å². The minimum atomic E-state index is -0.896. The van der Waals surface area contributed by atoms with Gasteiger partial charge < -0.3 is 5.11 Å². The lowest BCUT2D eigenvalue weighted by Gasteiger charge is -2.41. The van der Waals surface area contributed by atoms with Crippen molar-refractivity contribution in [1.29, 1.82) is 0 Å². The molecule has 94 valence electrons. The summed E-state index contributed by atoms with van der Waals surface area (Å²) in [6, 6.07) is 0. The second-order valence-corrected chi connectivity index (χ2v) is 5.98. The highest BCUT2D eigenvalue weighted by Gasteiger charge is 2.40. The van der Waals surface area contributed by atoms with Crippen LogP contribution in [-0.2, 0) is 9.59 Å². The van der Waals surface area contributed by atoms with Crippen LogP contribution < -0.4 is 0 Å². The standard InChI is InChI=1S/C13H19NO3/c1-12(2)5-7-13(17,8-6-12)9-14-10(15)3-4-11(14)16/h3-4,17H,5-9H2,1-2H3. The fraction of sp³-hybridized carbons (Fsp3) is 0.692. The van der Waals surface area contributed by atoms with Crippen molar-refractivity contribution in [2.24, 2.45) is 5.41 Å². The molecule has 2 rings (SSSR count). The molecule has 1 saturated carbocycles. The number of aliphatic hydroxyl groups is 1. The van der Waals surface area contributed by atoms with Crippen LogP contribution in [0.4, 0.5) is 0 Å². The third kappa shape index (κ3) is 2.57. The Morgan fingerprint density at radius 2 is 1.59 bits per heavy atom. The van der Waals surface area contributed by atoms with Gasteiger partial charge in [0.15, 0.2) is 0 Å². The summed E-state index contributed by atoms with van der Waals surface area (Å²) in [6.07, 6.45) is 5.67. The van der Waals surface area contributed by atoms with Gasteiger partial charge in [-0.2, -0.15) is 0 Å². The first-order chi connectivity index (χ1) is 7.81. The zero-order chi connectivity index (χ0) is 12.7. The quantitative estimate of drug-likeness (QED) is 0.735. The van der Waals surface area contributed by atoms with E-state index in [0.29, 0.717) is 12.8 Å². The van der Waals surface area contributed by atoms with Crippen LogP contribution >= 0.6 is 0 Å². The Kier molecular flexibility index (Phi) is 2.86. The van der Waals surface area contributed by atoms with Gasteiger partial charge in [0.25, 0.3) is 11.8 Å². The van der Waals surface area contributed by atoms with Crippen molar-refractivity contribution < 1.29 is 14.7 Å². The Morgan fingerprint density at radius 3 is 2.06 bits per heavy atom. The smallest absolute Gasteiger partial charge is 0.253 e. The molecule has 0 bridgehead atoms. The summed E-state index contributed by atoms with van der Waals surface area (Å²) in [5.41, 5.74) is -0.642. The first-order valence-corrected chi connectivity index (χ1v) is 6.07. The van der Waals surface area contributed by atoms with Crippen LogP contribution in [0.1, 0.15) is 39.5 Å². The average Bonchev–Trinajstić information content (AvgIpc) is 2.55. The van der Waals surface area contributed by atoms with E-state index >= 15 is 0 Å². The number of carbonyl (C=O) groups is 2. The Bertz CT molecular complexity index is 356. The molecule has 4 nitrogen and oxygen atoms in total. The van der Waals surface area contributed by atoms with Gasteiger partial charge in [-0.1, -0.05) is 13.8 Å². The van der Waals surface area contributed by atoms with Gasteiger partial charge in [-0.25, -0.2) is 0 Å². The van der Waals surface area contributed by atoms with Crippen molar-refractivity contribution in [2.45, 2.75) is 45.1 Å². The van der Waals surface area contributed by atoms with E-state index in [-0.39, 0.29) is 23.8 Å². The number of nitrogens with zero attached hydrogens (tertiary/aromatic N) is 1. The second kappa shape index (κ2) is 3.95. The van der Waals surface area contributed by atoms with Gasteiger partial charge in [0, 0.05) is 12.2 Å². The number of rotatable bonds is 2. The molecule has 1 aliphatic carbocycles. The molecule has 2 amide bonds. The first kappa shape index (κ1) is 12.3. The highest BCUT2D eigenvalue weighted by molar-refractivity contribution is 6.12. The summed E-state index contributed by atoms with van der Waals surface area (Å²) < 4.78 is 0. The average molecular weight is 237 g/mol. The maximum absolute atomic E-state index is 11.4. The SMILES string of the molecule is CC1(C)CCC(O)(CN2C(=O)C=CC2=O)CC1. The molecule has 0 aromatic rings. The van der Waals surface area contributed by atoms with Crippen molar-refractivity contribution >= 4 is 11.8 Å². The lowest BCUT2D eigenvalue weighted by atomic mass is 9.71. The number of β-amino-alcohol motifs (C(OH)–C–C–N with tert-alkyl or cyclic N) is 1. The van der Waals surface area contributed by atoms with Crippen LogP contribution in [0.3, 0.4) is 0 Å². The highest BCUT2D eigenvalue weighted by Crippen LogP contribution is 2.40. The molecule has 0 aromatic carbocycles. The van der Waals surface area contributed by atoms with E-state index in [1.807, 2.05) is 0 Å². The monoisotopic (exact) mass is 237 g/mol. The highest BCUT2D eigenvalue weighted by atomic mass is 16.3. The topological polar surface area (TPSA) is 57.6 Å². The van der Waals surface area contributed by atoms with Crippen molar-refractivity contribution in [2.75, 3.05) is 6.54 Å². The van der Waals surface area contributed by atoms with Crippen LogP contribution in [0, 0.1) is 5.41 Å². The summed E-state index contributed by atoms with van der Waals surface area (Å²) >= 11 is 0. The first-order valence-electron chi connectivity index (χ1n) is 6.07. The van der Waals surface area contributed by atoms with Crippen LogP contribution in [0.15, 0.2) is 12.2 Å². The summed E-state index contributed by atoms with van der Waals surface area (Å²) in [5.74, 6) is -0.624. The van der Waals surface area contributed by atoms with Crippen molar-refractivity contribution in [3.8, 4) is 0 Å². The van der Waals surface area contributed by atoms with Crippen LogP contribution in [0.5, 0.6) is 0 Å². The summed E-state index contributed by atoms with van der Waals surface area (Å²) in [5, 5.41) is 10.4. The number of amides is 2. The molecule has 0 spiro atoms. The molecule has 1 heterocycles. The maximum atomic E-state index is 11.4. The van der Waals surface area contributed by atoms with Gasteiger partial charge in [-0.05, 0) is 31.1 Å². The maximum Gasteiger partial charge on any atom is 0.253 e. The molecular formula is C13H19NO3. The second-order valence-electron chi connectivity index (χ2n) is 5.98. The van der Waals surface area contributed by atoms with Crippen LogP contribution in [0.2, 0.25) is 0 Å². The lowest BCUT2D eigenvalue weighted by molar-refractivity contribution is -0.142. The predicted octanol–water partition coefficient (Wildman–Crippen LogP) is 1.24. The molecule has 1 N–H and O–H groups in total. The van der Waals surface area contributed by atoms with Gasteiger partial charge in [0.2, 0.25) is 0 Å². The number of hydrogen-bond donors (Lipinski definition) is 1. The molecule has 1 aliphatic heterocycles. The van der Waals surface area contributed by atoms with E-state index in [4.69, 9.17) is 0 Å². The van der Waals surface area contributed by atoms with Gasteiger partial charge >= 0.3 is 0 Å². The lowest BCUT2D eigenvalue weighted by Crippen LogP contribution is -2.48. The zero-order valence-electron chi connectivity index (χ0n) is 10.4. The molecule has 0 unspecified atom stereocenters. The fourth-order valence-electron chi connectivity index (χ4n) is 2.43. The summed E-state index contributed by atoms with van der Waals surface area (Å²) in [6.45, 7) is 4.49. The van der Waals surface area contributed by atoms with Gasteiger partial charge in [0.05, 0.1) is 12.1 Å². The van der Waals surface area contributed by atoms with E-state index < -0.39 is 5.60 Å².